The van der Waals surface area contributed by atoms with Crippen molar-refractivity contribution in [3.05, 3.63) is 71.3 Å². The van der Waals surface area contributed by atoms with Gasteiger partial charge in [0.25, 0.3) is 17.7 Å². The first-order chi connectivity index (χ1) is 17.7. The molecule has 4 rings (SSSR count). The van der Waals surface area contributed by atoms with Gasteiger partial charge in [0.15, 0.2) is 0 Å². The van der Waals surface area contributed by atoms with Gasteiger partial charge in [0.05, 0.1) is 24.3 Å². The highest BCUT2D eigenvalue weighted by molar-refractivity contribution is 6.21. The predicted molar refractivity (Wildman–Crippen MR) is 135 cm³/mol. The van der Waals surface area contributed by atoms with Gasteiger partial charge >= 0.3 is 5.97 Å². The molecule has 2 heterocycles. The van der Waals surface area contributed by atoms with Gasteiger partial charge in [-0.3, -0.25) is 19.1 Å². The number of hydrogen-bond acceptors (Lipinski definition) is 7. The zero-order valence-corrected chi connectivity index (χ0v) is 21.7. The highest BCUT2D eigenvalue weighted by Crippen LogP contribution is 2.38. The second-order valence-corrected chi connectivity index (χ2v) is 10.6. The van der Waals surface area contributed by atoms with Crippen LogP contribution in [0.15, 0.2) is 54.6 Å². The summed E-state index contributed by atoms with van der Waals surface area (Å²) in [6.07, 6.45) is 1.92. The number of carbonyl (C=O) groups excluding carboxylic acids is 3. The van der Waals surface area contributed by atoms with E-state index in [0.717, 1.165) is 23.3 Å². The average molecular weight is 510 g/mol. The maximum atomic E-state index is 13.2. The summed E-state index contributed by atoms with van der Waals surface area (Å²) in [5.74, 6) is -3.17. The summed E-state index contributed by atoms with van der Waals surface area (Å²) < 4.78 is 23.3. The summed E-state index contributed by atoms with van der Waals surface area (Å²) in [4.78, 5) is 39.9. The van der Waals surface area contributed by atoms with E-state index >= 15 is 0 Å². The van der Waals surface area contributed by atoms with Crippen LogP contribution in [-0.2, 0) is 30.3 Å². The van der Waals surface area contributed by atoms with E-state index in [1.165, 1.54) is 0 Å². The third kappa shape index (κ3) is 6.63. The molecule has 1 saturated heterocycles. The number of rotatable bonds is 11. The standard InChI is InChI=1S/C29H35NO7/c1-28(2,3)16-10-9-15-24(31)36-25-20-35-29(37-25,17-18-34-19-21-11-5-4-6-12-21)30-26(32)22-13-7-8-14-23(22)27(30)33/h4-8,11-14,25H,9-10,15-20H2,1-3H3. The highest BCUT2D eigenvalue weighted by atomic mass is 16.8. The first-order valence-electron chi connectivity index (χ1n) is 12.8. The number of unbranched alkanes of at least 4 members (excludes halogenated alkanes) is 1. The number of amides is 2. The van der Waals surface area contributed by atoms with Crippen LogP contribution in [0.4, 0.5) is 0 Å². The molecule has 0 saturated carbocycles. The minimum Gasteiger partial charge on any atom is -0.433 e. The van der Waals surface area contributed by atoms with Gasteiger partial charge in [-0.15, -0.1) is 0 Å². The molecule has 2 atom stereocenters. The molecule has 2 aliphatic rings. The molecule has 2 unspecified atom stereocenters. The topological polar surface area (TPSA) is 91.4 Å². The molecule has 8 nitrogen and oxygen atoms in total. The van der Waals surface area contributed by atoms with Crippen LogP contribution in [0.1, 0.15) is 79.2 Å². The van der Waals surface area contributed by atoms with Crippen LogP contribution in [0, 0.1) is 5.41 Å². The molecule has 2 aromatic carbocycles. The summed E-state index contributed by atoms with van der Waals surface area (Å²) in [5, 5.41) is 0. The van der Waals surface area contributed by atoms with E-state index in [1.807, 2.05) is 30.3 Å². The zero-order chi connectivity index (χ0) is 26.5. The van der Waals surface area contributed by atoms with Gasteiger partial charge in [-0.25, -0.2) is 4.90 Å². The quantitative estimate of drug-likeness (QED) is 0.237. The van der Waals surface area contributed by atoms with Crippen molar-refractivity contribution in [1.29, 1.82) is 0 Å². The summed E-state index contributed by atoms with van der Waals surface area (Å²) in [6.45, 7) is 6.90. The summed E-state index contributed by atoms with van der Waals surface area (Å²) >= 11 is 0. The van der Waals surface area contributed by atoms with Crippen molar-refractivity contribution in [2.75, 3.05) is 13.2 Å². The number of esters is 1. The maximum absolute atomic E-state index is 13.2. The van der Waals surface area contributed by atoms with E-state index in [9.17, 15) is 14.4 Å². The molecule has 0 N–H and O–H groups in total. The molecule has 2 amide bonds. The normalized spacial score (nSPS) is 21.4. The van der Waals surface area contributed by atoms with E-state index in [4.69, 9.17) is 18.9 Å². The Balaban J connectivity index is 1.41. The van der Waals surface area contributed by atoms with E-state index in [1.54, 1.807) is 24.3 Å². The van der Waals surface area contributed by atoms with Gasteiger partial charge in [-0.2, -0.15) is 0 Å². The minimum atomic E-state index is -1.74. The fraction of sp³-hybridized carbons (Fsp3) is 0.483. The molecule has 0 aromatic heterocycles. The summed E-state index contributed by atoms with van der Waals surface area (Å²) in [6, 6.07) is 16.2. The molecule has 2 aromatic rings. The molecule has 2 aliphatic heterocycles. The lowest BCUT2D eigenvalue weighted by Crippen LogP contribution is -2.54. The number of ether oxygens (including phenoxy) is 4. The van der Waals surface area contributed by atoms with Gasteiger partial charge in [0.2, 0.25) is 6.29 Å². The third-order valence-electron chi connectivity index (χ3n) is 6.39. The summed E-state index contributed by atoms with van der Waals surface area (Å²) in [5.41, 5.74) is 1.76. The van der Waals surface area contributed by atoms with Gasteiger partial charge in [0.1, 0.15) is 6.61 Å². The molecular weight excluding hydrogens is 474 g/mol. The van der Waals surface area contributed by atoms with Crippen molar-refractivity contribution in [1.82, 2.24) is 4.90 Å². The fourth-order valence-corrected chi connectivity index (χ4v) is 4.48. The monoisotopic (exact) mass is 509 g/mol. The van der Waals surface area contributed by atoms with Gasteiger partial charge in [-0.1, -0.05) is 69.7 Å². The molecule has 8 heteroatoms. The lowest BCUT2D eigenvalue weighted by molar-refractivity contribution is -0.263. The first kappa shape index (κ1) is 27.0. The zero-order valence-electron chi connectivity index (χ0n) is 21.7. The Labute approximate surface area is 217 Å². The van der Waals surface area contributed by atoms with Crippen molar-refractivity contribution in [3.8, 4) is 0 Å². The Bertz CT molecular complexity index is 1080. The number of fused-ring (bicyclic) bond motifs is 1. The smallest absolute Gasteiger partial charge is 0.308 e. The molecule has 0 radical (unpaired) electrons. The number of hydrogen-bond donors (Lipinski definition) is 0. The Hall–Kier alpha value is -3.07. The average Bonchev–Trinajstić information content (AvgIpc) is 3.38. The number of carbonyl (C=O) groups is 3. The maximum Gasteiger partial charge on any atom is 0.308 e. The van der Waals surface area contributed by atoms with Gasteiger partial charge in [0, 0.05) is 12.8 Å². The second kappa shape index (κ2) is 11.5. The highest BCUT2D eigenvalue weighted by Gasteiger charge is 2.56. The molecule has 1 fully saturated rings. The van der Waals surface area contributed by atoms with Crippen LogP contribution in [-0.4, -0.2) is 48.1 Å². The van der Waals surface area contributed by atoms with Crippen molar-refractivity contribution in [2.24, 2.45) is 5.41 Å². The van der Waals surface area contributed by atoms with Crippen molar-refractivity contribution in [3.63, 3.8) is 0 Å². The van der Waals surface area contributed by atoms with Crippen molar-refractivity contribution >= 4 is 17.8 Å². The van der Waals surface area contributed by atoms with Gasteiger partial charge < -0.3 is 14.2 Å². The lowest BCUT2D eigenvalue weighted by Gasteiger charge is -2.34. The lowest BCUT2D eigenvalue weighted by atomic mass is 9.89. The van der Waals surface area contributed by atoms with E-state index in [-0.39, 0.29) is 42.6 Å². The Kier molecular flexibility index (Phi) is 8.42. The van der Waals surface area contributed by atoms with E-state index < -0.39 is 30.0 Å². The van der Waals surface area contributed by atoms with E-state index in [2.05, 4.69) is 20.8 Å². The minimum absolute atomic E-state index is 0.0605. The Morgan fingerprint density at radius 2 is 1.65 bits per heavy atom. The summed E-state index contributed by atoms with van der Waals surface area (Å²) in [7, 11) is 0. The molecule has 0 aliphatic carbocycles. The SMILES string of the molecule is CC(C)(C)CCCCC(=O)OC1COC(CCOCc2ccccc2)(N2C(=O)c3ccccc3C2=O)O1. The largest absolute Gasteiger partial charge is 0.433 e. The molecule has 0 spiro atoms. The third-order valence-corrected chi connectivity index (χ3v) is 6.39. The van der Waals surface area contributed by atoms with Crippen LogP contribution >= 0.6 is 0 Å². The number of benzene rings is 2. The Morgan fingerprint density at radius 3 is 2.30 bits per heavy atom. The molecule has 0 bridgehead atoms. The van der Waals surface area contributed by atoms with Crippen LogP contribution in [0.5, 0.6) is 0 Å². The molecule has 198 valence electrons. The molecule has 37 heavy (non-hydrogen) atoms. The first-order valence-corrected chi connectivity index (χ1v) is 12.8. The van der Waals surface area contributed by atoms with Crippen LogP contribution < -0.4 is 0 Å². The van der Waals surface area contributed by atoms with E-state index in [0.29, 0.717) is 13.0 Å². The van der Waals surface area contributed by atoms with Crippen LogP contribution in [0.25, 0.3) is 0 Å². The Morgan fingerprint density at radius 1 is 1.00 bits per heavy atom. The predicted octanol–water partition coefficient (Wildman–Crippen LogP) is 5.07. The molecular formula is C29H35NO7. The number of nitrogens with zero attached hydrogens (tertiary/aromatic N) is 1. The van der Waals surface area contributed by atoms with Crippen LogP contribution in [0.3, 0.4) is 0 Å². The fourth-order valence-electron chi connectivity index (χ4n) is 4.48. The van der Waals surface area contributed by atoms with Crippen molar-refractivity contribution in [2.45, 2.75) is 71.7 Å². The van der Waals surface area contributed by atoms with Crippen LogP contribution in [0.2, 0.25) is 0 Å². The van der Waals surface area contributed by atoms with Gasteiger partial charge in [-0.05, 0) is 36.0 Å². The number of imide groups is 1. The second-order valence-electron chi connectivity index (χ2n) is 10.6. The van der Waals surface area contributed by atoms with Crippen molar-refractivity contribution < 1.29 is 33.3 Å².